The summed E-state index contributed by atoms with van der Waals surface area (Å²) in [6, 6.07) is 19.9. The van der Waals surface area contributed by atoms with Gasteiger partial charge in [0.25, 0.3) is 0 Å². The van der Waals surface area contributed by atoms with E-state index in [1.807, 2.05) is 60.7 Å². The van der Waals surface area contributed by atoms with Crippen LogP contribution in [0.5, 0.6) is 0 Å². The molecule has 0 bridgehead atoms. The van der Waals surface area contributed by atoms with Gasteiger partial charge in [-0.15, -0.1) is 0 Å². The van der Waals surface area contributed by atoms with Crippen LogP contribution in [0.4, 0.5) is 0 Å². The fourth-order valence-electron chi connectivity index (χ4n) is 1.87. The molecular weight excluding hydrogens is 297 g/mol. The van der Waals surface area contributed by atoms with Crippen molar-refractivity contribution in [2.75, 3.05) is 6.54 Å². The van der Waals surface area contributed by atoms with Gasteiger partial charge in [0.2, 0.25) is 0 Å². The Morgan fingerprint density at radius 2 is 1.12 bits per heavy atom. The number of benzene rings is 2. The van der Waals surface area contributed by atoms with Gasteiger partial charge in [0.15, 0.2) is 0 Å². The van der Waals surface area contributed by atoms with E-state index in [0.717, 1.165) is 11.1 Å². The molecule has 0 atom stereocenters. The van der Waals surface area contributed by atoms with Gasteiger partial charge < -0.3 is 11.5 Å². The number of hydrogen-bond acceptors (Lipinski definition) is 2. The van der Waals surface area contributed by atoms with Gasteiger partial charge in [-0.2, -0.15) is 0 Å². The molecule has 2 rings (SSSR count). The summed E-state index contributed by atoms with van der Waals surface area (Å²) in [4.78, 5) is 0. The van der Waals surface area contributed by atoms with E-state index < -0.39 is 5.54 Å². The maximum absolute atomic E-state index is 6.41. The van der Waals surface area contributed by atoms with Crippen molar-refractivity contribution in [1.29, 1.82) is 0 Å². The normalized spacial score (nSPS) is 10.7. The van der Waals surface area contributed by atoms with Gasteiger partial charge in [0.1, 0.15) is 0 Å². The molecule has 2 aromatic rings. The molecule has 0 aromatic heterocycles. The molecule has 0 unspecified atom stereocenters. The number of rotatable bonds is 3. The second-order valence-electron chi connectivity index (χ2n) is 3.91. The Morgan fingerprint density at radius 3 is 1.41 bits per heavy atom. The van der Waals surface area contributed by atoms with E-state index in [9.17, 15) is 0 Å². The van der Waals surface area contributed by atoms with E-state index in [-0.39, 0.29) is 19.5 Å². The van der Waals surface area contributed by atoms with E-state index in [0.29, 0.717) is 6.54 Å². The van der Waals surface area contributed by atoms with Crippen molar-refractivity contribution in [3.8, 4) is 0 Å². The minimum atomic E-state index is -0.595. The van der Waals surface area contributed by atoms with Gasteiger partial charge in [-0.25, -0.2) is 0 Å². The molecule has 0 aliphatic heterocycles. The van der Waals surface area contributed by atoms with Crippen molar-refractivity contribution >= 4 is 0 Å². The van der Waals surface area contributed by atoms with Crippen molar-refractivity contribution < 1.29 is 19.5 Å². The average molecular weight is 313 g/mol. The summed E-state index contributed by atoms with van der Waals surface area (Å²) in [5, 5.41) is 0. The van der Waals surface area contributed by atoms with Gasteiger partial charge >= 0.3 is 0 Å². The molecular formula is C14H16N2Ru. The first-order valence-corrected chi connectivity index (χ1v) is 5.37. The predicted octanol–water partition coefficient (Wildman–Crippen LogP) is 1.85. The fourth-order valence-corrected chi connectivity index (χ4v) is 1.87. The first-order valence-electron chi connectivity index (χ1n) is 5.37. The second-order valence-corrected chi connectivity index (χ2v) is 3.91. The molecule has 4 N–H and O–H groups in total. The van der Waals surface area contributed by atoms with E-state index in [1.165, 1.54) is 0 Å². The van der Waals surface area contributed by atoms with E-state index in [1.54, 1.807) is 0 Å². The summed E-state index contributed by atoms with van der Waals surface area (Å²) in [6.45, 7) is 0.390. The Hall–Kier alpha value is -1.02. The number of nitrogens with two attached hydrogens (primary N) is 2. The molecule has 0 spiro atoms. The van der Waals surface area contributed by atoms with Crippen LogP contribution in [0.25, 0.3) is 0 Å². The molecule has 0 amide bonds. The molecule has 0 heterocycles. The largest absolute Gasteiger partial charge is 0.328 e. The van der Waals surface area contributed by atoms with Crippen LogP contribution in [0.2, 0.25) is 0 Å². The number of hydrogen-bond donors (Lipinski definition) is 2. The van der Waals surface area contributed by atoms with Gasteiger partial charge in [-0.3, -0.25) is 0 Å². The summed E-state index contributed by atoms with van der Waals surface area (Å²) in [7, 11) is 0. The molecule has 17 heavy (non-hydrogen) atoms. The summed E-state index contributed by atoms with van der Waals surface area (Å²) in [5.74, 6) is 0. The van der Waals surface area contributed by atoms with Crippen LogP contribution in [0.3, 0.4) is 0 Å². The van der Waals surface area contributed by atoms with E-state index >= 15 is 0 Å². The van der Waals surface area contributed by atoms with E-state index in [2.05, 4.69) is 0 Å². The van der Waals surface area contributed by atoms with E-state index in [4.69, 9.17) is 11.5 Å². The van der Waals surface area contributed by atoms with Crippen molar-refractivity contribution in [3.05, 3.63) is 71.8 Å². The average Bonchev–Trinajstić information content (AvgIpc) is 2.40. The minimum absolute atomic E-state index is 0. The zero-order chi connectivity index (χ0) is 11.4. The second kappa shape index (κ2) is 6.06. The van der Waals surface area contributed by atoms with Crippen LogP contribution >= 0.6 is 0 Å². The Bertz CT molecular complexity index is 403. The van der Waals surface area contributed by atoms with Crippen LogP contribution in [-0.2, 0) is 25.0 Å². The SMILES string of the molecule is NCC(N)(c1ccccc1)c1ccccc1.[Ru]. The van der Waals surface area contributed by atoms with Gasteiger partial charge in [0.05, 0.1) is 5.54 Å². The topological polar surface area (TPSA) is 52.0 Å². The summed E-state index contributed by atoms with van der Waals surface area (Å²) >= 11 is 0. The molecule has 0 saturated heterocycles. The van der Waals surface area contributed by atoms with Gasteiger partial charge in [-0.05, 0) is 11.1 Å². The molecule has 0 saturated carbocycles. The maximum atomic E-state index is 6.41. The molecule has 0 aliphatic carbocycles. The van der Waals surface area contributed by atoms with Gasteiger partial charge in [-0.1, -0.05) is 60.7 Å². The third-order valence-electron chi connectivity index (χ3n) is 2.90. The summed E-state index contributed by atoms with van der Waals surface area (Å²) in [6.07, 6.45) is 0. The van der Waals surface area contributed by atoms with Crippen LogP contribution in [0.1, 0.15) is 11.1 Å². The Labute approximate surface area is 115 Å². The van der Waals surface area contributed by atoms with Crippen LogP contribution < -0.4 is 11.5 Å². The summed E-state index contributed by atoms with van der Waals surface area (Å²) in [5.41, 5.74) is 13.8. The van der Waals surface area contributed by atoms with Crippen LogP contribution in [-0.4, -0.2) is 6.54 Å². The molecule has 90 valence electrons. The molecule has 2 nitrogen and oxygen atoms in total. The molecule has 2 aromatic carbocycles. The smallest absolute Gasteiger partial charge is 0.0789 e. The van der Waals surface area contributed by atoms with Crippen molar-refractivity contribution in [1.82, 2.24) is 0 Å². The third kappa shape index (κ3) is 2.81. The first-order chi connectivity index (χ1) is 7.77. The fraction of sp³-hybridized carbons (Fsp3) is 0.143. The van der Waals surface area contributed by atoms with Crippen molar-refractivity contribution in [2.45, 2.75) is 5.54 Å². The molecule has 0 radical (unpaired) electrons. The zero-order valence-electron chi connectivity index (χ0n) is 9.49. The first kappa shape index (κ1) is 14.0. The molecule has 0 fully saturated rings. The monoisotopic (exact) mass is 314 g/mol. The minimum Gasteiger partial charge on any atom is -0.328 e. The zero-order valence-corrected chi connectivity index (χ0v) is 11.2. The van der Waals surface area contributed by atoms with Crippen molar-refractivity contribution in [3.63, 3.8) is 0 Å². The van der Waals surface area contributed by atoms with Crippen LogP contribution in [0.15, 0.2) is 60.7 Å². The predicted molar refractivity (Wildman–Crippen MR) is 66.9 cm³/mol. The van der Waals surface area contributed by atoms with Crippen molar-refractivity contribution in [2.24, 2.45) is 11.5 Å². The third-order valence-corrected chi connectivity index (χ3v) is 2.90. The molecule has 3 heteroatoms. The maximum Gasteiger partial charge on any atom is 0.0789 e. The Balaban J connectivity index is 0.00000144. The quantitative estimate of drug-likeness (QED) is 0.850. The summed E-state index contributed by atoms with van der Waals surface area (Å²) < 4.78 is 0. The standard InChI is InChI=1S/C14H16N2.Ru/c15-11-14(16,12-7-3-1-4-8-12)13-9-5-2-6-10-13;/h1-10H,11,15-16H2;. The molecule has 0 aliphatic rings. The van der Waals surface area contributed by atoms with Crippen LogP contribution in [0, 0.1) is 0 Å². The Kier molecular flexibility index (Phi) is 5.01. The Morgan fingerprint density at radius 1 is 0.765 bits per heavy atom. The van der Waals surface area contributed by atoms with Gasteiger partial charge in [0, 0.05) is 26.0 Å².